The second-order valence-electron chi connectivity index (χ2n) is 7.66. The molecule has 1 spiro atoms. The quantitative estimate of drug-likeness (QED) is 0.841. The lowest BCUT2D eigenvalue weighted by Crippen LogP contribution is -2.45. The average Bonchev–Trinajstić information content (AvgIpc) is 2.97. The van der Waals surface area contributed by atoms with Crippen LogP contribution in [0.25, 0.3) is 0 Å². The van der Waals surface area contributed by atoms with Crippen molar-refractivity contribution in [2.24, 2.45) is 0 Å². The minimum absolute atomic E-state index is 0.0245. The summed E-state index contributed by atoms with van der Waals surface area (Å²) >= 11 is 0. The fourth-order valence-electron chi connectivity index (χ4n) is 4.29. The number of carbonyl (C=O) groups is 1. The number of ether oxygens (including phenoxy) is 2. The predicted molar refractivity (Wildman–Crippen MR) is 99.3 cm³/mol. The standard InChI is InChI=1S/C20H29N3O3/c24-19(22-17-5-3-1-2-4-6-17)16-7-10-21-18(15-16)23-11-8-20(9-12-23)25-13-14-26-20/h7,10,15,17H,1-6,8-9,11-14H2,(H,22,24). The third-order valence-corrected chi connectivity index (χ3v) is 5.86. The first-order valence-corrected chi connectivity index (χ1v) is 10.0. The van der Waals surface area contributed by atoms with E-state index in [2.05, 4.69) is 15.2 Å². The minimum atomic E-state index is -0.384. The van der Waals surface area contributed by atoms with Crippen LogP contribution in [0.3, 0.4) is 0 Å². The Kier molecular flexibility index (Phi) is 5.41. The van der Waals surface area contributed by atoms with E-state index in [4.69, 9.17) is 9.47 Å². The van der Waals surface area contributed by atoms with Gasteiger partial charge in [-0.25, -0.2) is 4.98 Å². The SMILES string of the molecule is O=C(NC1CCCCCC1)c1ccnc(N2CCC3(CC2)OCCO3)c1. The monoisotopic (exact) mass is 359 g/mol. The molecule has 1 N–H and O–H groups in total. The van der Waals surface area contributed by atoms with Crippen LogP contribution in [0.15, 0.2) is 18.3 Å². The van der Waals surface area contributed by atoms with E-state index < -0.39 is 0 Å². The van der Waals surface area contributed by atoms with Crippen LogP contribution in [0.1, 0.15) is 61.7 Å². The van der Waals surface area contributed by atoms with Crippen molar-refractivity contribution in [3.8, 4) is 0 Å². The first kappa shape index (κ1) is 17.7. The van der Waals surface area contributed by atoms with Crippen molar-refractivity contribution in [2.45, 2.75) is 63.2 Å². The third-order valence-electron chi connectivity index (χ3n) is 5.86. The molecule has 3 aliphatic rings. The van der Waals surface area contributed by atoms with Gasteiger partial charge in [-0.15, -0.1) is 0 Å². The number of hydrogen-bond donors (Lipinski definition) is 1. The zero-order valence-electron chi connectivity index (χ0n) is 15.4. The molecule has 3 heterocycles. The van der Waals surface area contributed by atoms with Crippen LogP contribution in [0.2, 0.25) is 0 Å². The van der Waals surface area contributed by atoms with Crippen LogP contribution in [-0.4, -0.2) is 49.0 Å². The Bertz CT molecular complexity index is 612. The van der Waals surface area contributed by atoms with E-state index >= 15 is 0 Å². The molecule has 1 aromatic heterocycles. The van der Waals surface area contributed by atoms with Crippen molar-refractivity contribution in [1.82, 2.24) is 10.3 Å². The molecular formula is C20H29N3O3. The number of carbonyl (C=O) groups excluding carboxylic acids is 1. The van der Waals surface area contributed by atoms with Gasteiger partial charge in [-0.05, 0) is 25.0 Å². The zero-order chi connectivity index (χ0) is 17.8. The molecule has 2 saturated heterocycles. The van der Waals surface area contributed by atoms with Gasteiger partial charge in [0.05, 0.1) is 13.2 Å². The fraction of sp³-hybridized carbons (Fsp3) is 0.700. The second-order valence-corrected chi connectivity index (χ2v) is 7.66. The molecule has 0 unspecified atom stereocenters. The van der Waals surface area contributed by atoms with Crippen molar-refractivity contribution in [2.75, 3.05) is 31.2 Å². The smallest absolute Gasteiger partial charge is 0.251 e. The summed E-state index contributed by atoms with van der Waals surface area (Å²) in [6.07, 6.45) is 10.6. The Labute approximate surface area is 155 Å². The number of nitrogens with zero attached hydrogens (tertiary/aromatic N) is 2. The Morgan fingerprint density at radius 2 is 1.81 bits per heavy atom. The molecule has 1 amide bonds. The molecule has 2 aliphatic heterocycles. The van der Waals surface area contributed by atoms with E-state index in [0.29, 0.717) is 24.8 Å². The summed E-state index contributed by atoms with van der Waals surface area (Å²) in [4.78, 5) is 19.4. The Balaban J connectivity index is 1.37. The van der Waals surface area contributed by atoms with Gasteiger partial charge in [0.1, 0.15) is 5.82 Å². The molecular weight excluding hydrogens is 330 g/mol. The van der Waals surface area contributed by atoms with Gasteiger partial charge in [0, 0.05) is 43.7 Å². The minimum Gasteiger partial charge on any atom is -0.356 e. The number of piperidine rings is 1. The van der Waals surface area contributed by atoms with Gasteiger partial charge in [-0.3, -0.25) is 4.79 Å². The predicted octanol–water partition coefficient (Wildman–Crippen LogP) is 2.88. The highest BCUT2D eigenvalue weighted by Gasteiger charge is 2.40. The third kappa shape index (κ3) is 4.01. The molecule has 0 aromatic carbocycles. The molecule has 3 fully saturated rings. The number of amides is 1. The van der Waals surface area contributed by atoms with E-state index in [-0.39, 0.29) is 11.7 Å². The summed E-state index contributed by atoms with van der Waals surface area (Å²) < 4.78 is 11.6. The molecule has 142 valence electrons. The molecule has 0 bridgehead atoms. The summed E-state index contributed by atoms with van der Waals surface area (Å²) in [7, 11) is 0. The van der Waals surface area contributed by atoms with Crippen LogP contribution >= 0.6 is 0 Å². The first-order chi connectivity index (χ1) is 12.7. The molecule has 4 rings (SSSR count). The molecule has 6 nitrogen and oxygen atoms in total. The van der Waals surface area contributed by atoms with Crippen molar-refractivity contribution < 1.29 is 14.3 Å². The topological polar surface area (TPSA) is 63.7 Å². The summed E-state index contributed by atoms with van der Waals surface area (Å²) in [6, 6.07) is 4.04. The van der Waals surface area contributed by atoms with E-state index in [1.54, 1.807) is 6.20 Å². The molecule has 0 atom stereocenters. The van der Waals surface area contributed by atoms with Crippen LogP contribution in [-0.2, 0) is 9.47 Å². The Hall–Kier alpha value is -1.66. The average molecular weight is 359 g/mol. The van der Waals surface area contributed by atoms with Gasteiger partial charge in [-0.1, -0.05) is 25.7 Å². The summed E-state index contributed by atoms with van der Waals surface area (Å²) in [6.45, 7) is 3.05. The highest BCUT2D eigenvalue weighted by Crippen LogP contribution is 2.32. The molecule has 0 radical (unpaired) electrons. The van der Waals surface area contributed by atoms with Crippen molar-refractivity contribution in [1.29, 1.82) is 0 Å². The van der Waals surface area contributed by atoms with Gasteiger partial charge in [-0.2, -0.15) is 0 Å². The largest absolute Gasteiger partial charge is 0.356 e. The van der Waals surface area contributed by atoms with Crippen molar-refractivity contribution in [3.63, 3.8) is 0 Å². The highest BCUT2D eigenvalue weighted by molar-refractivity contribution is 5.95. The Morgan fingerprint density at radius 3 is 2.50 bits per heavy atom. The van der Waals surface area contributed by atoms with E-state index in [1.807, 2.05) is 12.1 Å². The number of rotatable bonds is 3. The van der Waals surface area contributed by atoms with Gasteiger partial charge < -0.3 is 19.7 Å². The maximum atomic E-state index is 12.7. The lowest BCUT2D eigenvalue weighted by atomic mass is 10.0. The highest BCUT2D eigenvalue weighted by atomic mass is 16.7. The van der Waals surface area contributed by atoms with Crippen LogP contribution in [0, 0.1) is 0 Å². The lowest BCUT2D eigenvalue weighted by molar-refractivity contribution is -0.169. The number of pyridine rings is 1. The molecule has 1 aromatic rings. The first-order valence-electron chi connectivity index (χ1n) is 10.0. The zero-order valence-corrected chi connectivity index (χ0v) is 15.4. The van der Waals surface area contributed by atoms with Crippen LogP contribution in [0.4, 0.5) is 5.82 Å². The number of nitrogens with one attached hydrogen (secondary N) is 1. The summed E-state index contributed by atoms with van der Waals surface area (Å²) in [5.74, 6) is 0.508. The van der Waals surface area contributed by atoms with Gasteiger partial charge in [0.15, 0.2) is 5.79 Å². The second kappa shape index (κ2) is 7.92. The lowest BCUT2D eigenvalue weighted by Gasteiger charge is -2.38. The molecule has 6 heteroatoms. The van der Waals surface area contributed by atoms with Crippen molar-refractivity contribution >= 4 is 11.7 Å². The fourth-order valence-corrected chi connectivity index (χ4v) is 4.29. The number of hydrogen-bond acceptors (Lipinski definition) is 5. The Morgan fingerprint density at radius 1 is 1.12 bits per heavy atom. The summed E-state index contributed by atoms with van der Waals surface area (Å²) in [5, 5.41) is 3.22. The molecule has 26 heavy (non-hydrogen) atoms. The maximum absolute atomic E-state index is 12.7. The van der Waals surface area contributed by atoms with Gasteiger partial charge in [0.2, 0.25) is 0 Å². The molecule has 1 aliphatic carbocycles. The van der Waals surface area contributed by atoms with E-state index in [0.717, 1.165) is 44.6 Å². The summed E-state index contributed by atoms with van der Waals surface area (Å²) in [5.41, 5.74) is 0.702. The number of anilines is 1. The van der Waals surface area contributed by atoms with Gasteiger partial charge >= 0.3 is 0 Å². The van der Waals surface area contributed by atoms with Crippen LogP contribution in [0.5, 0.6) is 0 Å². The maximum Gasteiger partial charge on any atom is 0.251 e. The number of aromatic nitrogens is 1. The normalized spacial score (nSPS) is 23.8. The van der Waals surface area contributed by atoms with Gasteiger partial charge in [0.25, 0.3) is 5.91 Å². The van der Waals surface area contributed by atoms with E-state index in [1.165, 1.54) is 25.7 Å². The van der Waals surface area contributed by atoms with Crippen molar-refractivity contribution in [3.05, 3.63) is 23.9 Å². The molecule has 1 saturated carbocycles. The van der Waals surface area contributed by atoms with Crippen LogP contribution < -0.4 is 10.2 Å². The van der Waals surface area contributed by atoms with E-state index in [9.17, 15) is 4.79 Å².